The highest BCUT2D eigenvalue weighted by Gasteiger charge is 2.35. The van der Waals surface area contributed by atoms with E-state index in [9.17, 15) is 9.59 Å². The number of hydrogen-bond donors (Lipinski definition) is 1. The van der Waals surface area contributed by atoms with E-state index in [0.29, 0.717) is 31.4 Å². The van der Waals surface area contributed by atoms with Gasteiger partial charge in [0.25, 0.3) is 0 Å². The number of rotatable bonds is 12. The minimum atomic E-state index is -0.238. The summed E-state index contributed by atoms with van der Waals surface area (Å²) in [6.45, 7) is 10.4. The van der Waals surface area contributed by atoms with Crippen LogP contribution in [0.2, 0.25) is 0 Å². The van der Waals surface area contributed by atoms with E-state index in [1.165, 1.54) is 19.7 Å². The van der Waals surface area contributed by atoms with Crippen molar-refractivity contribution in [1.82, 2.24) is 20.4 Å². The van der Waals surface area contributed by atoms with Crippen LogP contribution in [0.5, 0.6) is 0 Å². The lowest BCUT2D eigenvalue weighted by Gasteiger charge is -2.27. The molecule has 212 valence electrons. The summed E-state index contributed by atoms with van der Waals surface area (Å²) in [6, 6.07) is 10.4. The first-order chi connectivity index (χ1) is 18.8. The Labute approximate surface area is 251 Å². The van der Waals surface area contributed by atoms with E-state index in [0.717, 1.165) is 49.2 Å². The molecule has 1 aliphatic rings. The molecular formula is C28H37IN4O4S2. The zero-order valence-electron chi connectivity index (χ0n) is 22.9. The molecule has 1 aromatic carbocycles. The molecule has 2 amide bonds. The van der Waals surface area contributed by atoms with Crippen molar-refractivity contribution in [3.05, 3.63) is 58.6 Å². The molecule has 11 heteroatoms. The molecule has 1 N–H and O–H groups in total. The van der Waals surface area contributed by atoms with Gasteiger partial charge in [-0.3, -0.25) is 9.59 Å². The number of nitrogens with zero attached hydrogens (tertiary/aromatic N) is 3. The Morgan fingerprint density at radius 2 is 2.13 bits per heavy atom. The minimum absolute atomic E-state index is 0.178. The number of likely N-dealkylation sites (tertiary alicyclic amines) is 1. The van der Waals surface area contributed by atoms with E-state index in [4.69, 9.17) is 8.71 Å². The highest BCUT2D eigenvalue weighted by atomic mass is 127. The third kappa shape index (κ3) is 9.29. The number of aromatic nitrogens is 2. The van der Waals surface area contributed by atoms with Crippen LogP contribution < -0.4 is 5.32 Å². The second-order valence-corrected chi connectivity index (χ2v) is 12.2. The molecule has 4 rings (SSSR count). The zero-order valence-corrected chi connectivity index (χ0v) is 26.7. The predicted octanol–water partition coefficient (Wildman–Crippen LogP) is 6.74. The normalized spacial score (nSPS) is 15.6. The van der Waals surface area contributed by atoms with Gasteiger partial charge in [-0.25, -0.2) is 4.98 Å². The summed E-state index contributed by atoms with van der Waals surface area (Å²) in [5.74, 6) is 0.827. The Kier molecular flexibility index (Phi) is 13.2. The van der Waals surface area contributed by atoms with Gasteiger partial charge in [0, 0.05) is 46.4 Å². The smallest absolute Gasteiger partial charge is 0.233 e. The lowest BCUT2D eigenvalue weighted by Crippen LogP contribution is -2.38. The van der Waals surface area contributed by atoms with E-state index >= 15 is 0 Å². The van der Waals surface area contributed by atoms with E-state index in [1.807, 2.05) is 35.5 Å². The summed E-state index contributed by atoms with van der Waals surface area (Å²) in [6.07, 6.45) is 4.59. The van der Waals surface area contributed by atoms with E-state index in [2.05, 4.69) is 69.6 Å². The number of carbonyl (C=O) groups is 2. The van der Waals surface area contributed by atoms with Crippen molar-refractivity contribution in [2.24, 2.45) is 5.92 Å². The van der Waals surface area contributed by atoms with Gasteiger partial charge in [0.2, 0.25) is 12.3 Å². The summed E-state index contributed by atoms with van der Waals surface area (Å²) >= 11 is 3.75. The molecule has 0 bridgehead atoms. The summed E-state index contributed by atoms with van der Waals surface area (Å²) < 4.78 is 10.8. The maximum atomic E-state index is 12.9. The van der Waals surface area contributed by atoms with Crippen molar-refractivity contribution in [1.29, 1.82) is 0 Å². The van der Waals surface area contributed by atoms with Crippen LogP contribution in [-0.4, -0.2) is 46.6 Å². The van der Waals surface area contributed by atoms with Crippen LogP contribution in [-0.2, 0) is 26.7 Å². The van der Waals surface area contributed by atoms with Gasteiger partial charge in [-0.1, -0.05) is 43.3 Å². The van der Waals surface area contributed by atoms with Gasteiger partial charge in [-0.15, -0.1) is 11.3 Å². The molecule has 2 atom stereocenters. The first kappa shape index (κ1) is 31.6. The molecule has 0 aliphatic carbocycles. The number of thiazole rings is 1. The van der Waals surface area contributed by atoms with Crippen molar-refractivity contribution in [2.75, 3.05) is 13.2 Å². The monoisotopic (exact) mass is 684 g/mol. The Hall–Kier alpha value is -1.96. The van der Waals surface area contributed by atoms with Gasteiger partial charge in [0.15, 0.2) is 0 Å². The number of benzene rings is 1. The largest absolute Gasteiger partial charge is 0.360 e. The van der Waals surface area contributed by atoms with Gasteiger partial charge in [-0.2, -0.15) is 0 Å². The Bertz CT molecular complexity index is 1170. The van der Waals surface area contributed by atoms with Gasteiger partial charge >= 0.3 is 0 Å². The van der Waals surface area contributed by atoms with E-state index < -0.39 is 0 Å². The predicted molar refractivity (Wildman–Crippen MR) is 166 cm³/mol. The molecule has 2 aromatic heterocycles. The van der Waals surface area contributed by atoms with Crippen molar-refractivity contribution in [3.63, 3.8) is 0 Å². The van der Waals surface area contributed by atoms with Crippen LogP contribution in [0.15, 0.2) is 40.4 Å². The summed E-state index contributed by atoms with van der Waals surface area (Å²) in [4.78, 5) is 30.5. The second kappa shape index (κ2) is 16.3. The Balaban J connectivity index is 0.000000230. The number of aryl methyl sites for hydroxylation is 2. The number of hydrogen-bond acceptors (Lipinski definition) is 8. The molecule has 8 nitrogen and oxygen atoms in total. The molecule has 0 radical (unpaired) electrons. The lowest BCUT2D eigenvalue weighted by molar-refractivity contribution is -0.134. The number of nitrogens with one attached hydrogen (secondary N) is 1. The quantitative estimate of drug-likeness (QED) is 0.0978. The van der Waals surface area contributed by atoms with Crippen molar-refractivity contribution >= 4 is 54.1 Å². The number of halogens is 1. The highest BCUT2D eigenvalue weighted by molar-refractivity contribution is 14.2. The number of carbonyl (C=O) groups excluding carboxylic acids is 2. The number of amides is 2. The fourth-order valence-corrected chi connectivity index (χ4v) is 6.16. The molecule has 3 aromatic rings. The maximum absolute atomic E-state index is 12.9. The summed E-state index contributed by atoms with van der Waals surface area (Å²) in [7, 11) is 1.34. The van der Waals surface area contributed by atoms with Gasteiger partial charge in [0.05, 0.1) is 37.6 Å². The van der Waals surface area contributed by atoms with Crippen molar-refractivity contribution in [2.45, 2.75) is 71.9 Å². The summed E-state index contributed by atoms with van der Waals surface area (Å²) in [5, 5.41) is 6.78. The van der Waals surface area contributed by atoms with E-state index in [1.54, 1.807) is 11.3 Å². The Morgan fingerprint density at radius 3 is 2.72 bits per heavy atom. The molecule has 1 aliphatic heterocycles. The molecule has 0 spiro atoms. The van der Waals surface area contributed by atoms with Gasteiger partial charge < -0.3 is 18.9 Å². The third-order valence-corrected chi connectivity index (χ3v) is 8.70. The zero-order chi connectivity index (χ0) is 28.2. The van der Waals surface area contributed by atoms with Crippen LogP contribution >= 0.6 is 41.8 Å². The fraction of sp³-hybridized carbons (Fsp3) is 0.500. The second-order valence-electron chi connectivity index (χ2n) is 9.92. The minimum Gasteiger partial charge on any atom is -0.360 e. The van der Waals surface area contributed by atoms with Crippen LogP contribution in [0, 0.1) is 12.8 Å². The first-order valence-electron chi connectivity index (χ1n) is 13.2. The SMILES string of the molecule is CC(C)C(C(=O)N1CCCC1C)c1cc(CCCOSI)no1.Cc1ncsc1-c1ccc(CNC=O)cc1. The molecule has 0 saturated carbocycles. The molecule has 3 heterocycles. The molecule has 2 unspecified atom stereocenters. The Morgan fingerprint density at radius 1 is 1.36 bits per heavy atom. The highest BCUT2D eigenvalue weighted by Crippen LogP contribution is 2.31. The van der Waals surface area contributed by atoms with Crippen molar-refractivity contribution < 1.29 is 18.3 Å². The fourth-order valence-electron chi connectivity index (χ4n) is 4.62. The van der Waals surface area contributed by atoms with Crippen LogP contribution in [0.1, 0.15) is 68.7 Å². The molecule has 1 saturated heterocycles. The molecule has 39 heavy (non-hydrogen) atoms. The van der Waals surface area contributed by atoms with Crippen LogP contribution in [0.4, 0.5) is 0 Å². The van der Waals surface area contributed by atoms with Crippen LogP contribution in [0.3, 0.4) is 0 Å². The topological polar surface area (TPSA) is 97.6 Å². The average molecular weight is 685 g/mol. The van der Waals surface area contributed by atoms with E-state index in [-0.39, 0.29) is 17.7 Å². The average Bonchev–Trinajstić information content (AvgIpc) is 3.67. The van der Waals surface area contributed by atoms with Crippen molar-refractivity contribution in [3.8, 4) is 10.4 Å². The first-order valence-corrected chi connectivity index (χ1v) is 17.3. The lowest BCUT2D eigenvalue weighted by atomic mass is 9.91. The van der Waals surface area contributed by atoms with Crippen LogP contribution in [0.25, 0.3) is 10.4 Å². The standard InChI is InChI=1S/C16H25IN2O3S.C12H12N2OS/c1-11(2)15(16(20)19-8-4-6-12(19)3)14-10-13(18-22-14)7-5-9-21-23-17;1-9-12(16-8-14-9)11-4-2-10(3-5-11)6-13-7-15/h10-12,15H,4-9H2,1-3H3;2-5,7-8H,6H2,1H3,(H,13,15). The van der Waals surface area contributed by atoms with Gasteiger partial charge in [-0.05, 0) is 56.6 Å². The third-order valence-electron chi connectivity index (χ3n) is 6.71. The van der Waals surface area contributed by atoms with Gasteiger partial charge in [0.1, 0.15) is 11.7 Å². The molecular weight excluding hydrogens is 647 g/mol. The summed E-state index contributed by atoms with van der Waals surface area (Å²) in [5.41, 5.74) is 6.08. The molecule has 1 fully saturated rings. The maximum Gasteiger partial charge on any atom is 0.233 e.